The number of hydrogen-bond acceptors (Lipinski definition) is 5. The van der Waals surface area contributed by atoms with Crippen molar-refractivity contribution in [1.29, 1.82) is 0 Å². The van der Waals surface area contributed by atoms with E-state index < -0.39 is 17.2 Å². The molecule has 9 heteroatoms. The van der Waals surface area contributed by atoms with E-state index in [4.69, 9.17) is 16.3 Å². The van der Waals surface area contributed by atoms with E-state index in [1.807, 2.05) is 38.1 Å². The van der Waals surface area contributed by atoms with Crippen molar-refractivity contribution in [2.45, 2.75) is 39.3 Å². The number of benzene rings is 2. The van der Waals surface area contributed by atoms with Crippen molar-refractivity contribution in [3.05, 3.63) is 90.7 Å². The molecule has 1 aliphatic heterocycles. The molecule has 0 spiro atoms. The van der Waals surface area contributed by atoms with Crippen molar-refractivity contribution in [1.82, 2.24) is 19.7 Å². The number of nitrogens with zero attached hydrogens (tertiary/aromatic N) is 3. The number of rotatable bonds is 6. The van der Waals surface area contributed by atoms with Gasteiger partial charge in [0.2, 0.25) is 5.69 Å². The van der Waals surface area contributed by atoms with E-state index in [0.29, 0.717) is 17.3 Å². The highest BCUT2D eigenvalue weighted by molar-refractivity contribution is 6.31. The molecule has 172 valence electrons. The van der Waals surface area contributed by atoms with Crippen molar-refractivity contribution in [3.63, 3.8) is 0 Å². The Morgan fingerprint density at radius 3 is 2.73 bits per heavy atom. The Balaban J connectivity index is 1.79. The molecular weight excluding hydrogens is 444 g/mol. The lowest BCUT2D eigenvalue weighted by atomic mass is 10.1. The molecule has 1 amide bonds. The number of carbonyl (C=O) groups excluding carboxylic acids is 1. The first-order chi connectivity index (χ1) is 15.8. The van der Waals surface area contributed by atoms with Crippen molar-refractivity contribution < 1.29 is 9.53 Å². The molecule has 0 aliphatic carbocycles. The number of carbonyl (C=O) groups is 1. The lowest BCUT2D eigenvalue weighted by Crippen LogP contribution is -2.46. The Morgan fingerprint density at radius 2 is 2.03 bits per heavy atom. The fourth-order valence-electron chi connectivity index (χ4n) is 3.77. The Labute approximate surface area is 195 Å². The molecule has 1 fully saturated rings. The van der Waals surface area contributed by atoms with Gasteiger partial charge in [-0.1, -0.05) is 47.5 Å². The second-order valence-corrected chi connectivity index (χ2v) is 8.61. The summed E-state index contributed by atoms with van der Waals surface area (Å²) >= 11 is 6.25. The zero-order valence-electron chi connectivity index (χ0n) is 18.5. The largest absolute Gasteiger partial charge is 0.376 e. The normalized spacial score (nSPS) is 15.5. The predicted molar refractivity (Wildman–Crippen MR) is 125 cm³/mol. The Bertz CT molecular complexity index is 1310. The number of ether oxygens (including phenoxy) is 1. The maximum absolute atomic E-state index is 13.3. The predicted octanol–water partition coefficient (Wildman–Crippen LogP) is 2.62. The second-order valence-electron chi connectivity index (χ2n) is 8.20. The highest BCUT2D eigenvalue weighted by Crippen LogP contribution is 2.18. The molecule has 1 atom stereocenters. The first kappa shape index (κ1) is 22.9. The summed E-state index contributed by atoms with van der Waals surface area (Å²) in [4.78, 5) is 39.4. The van der Waals surface area contributed by atoms with E-state index in [-0.39, 0.29) is 24.9 Å². The molecular formula is C24H25ClN4O4. The number of aryl methyl sites for hydroxylation is 2. The third kappa shape index (κ3) is 5.07. The Hall–Kier alpha value is -3.23. The van der Waals surface area contributed by atoms with Crippen LogP contribution in [0.1, 0.15) is 40.0 Å². The molecule has 8 nitrogen and oxygen atoms in total. The van der Waals surface area contributed by atoms with E-state index in [9.17, 15) is 14.4 Å². The molecule has 1 saturated heterocycles. The van der Waals surface area contributed by atoms with Crippen LogP contribution in [0.2, 0.25) is 5.02 Å². The highest BCUT2D eigenvalue weighted by atomic mass is 35.5. The first-order valence-corrected chi connectivity index (χ1v) is 11.2. The standard InChI is InChI=1S/C24H25ClN4O4/c1-15-5-3-6-17(11-15)14-28-23(31)21(22(30)26-13-19-7-4-10-33-19)27-29(24(28)32)18-9-8-16(2)20(25)12-18/h3,5-6,8-9,11-12,19H,4,7,10,13-14H2,1-2H3,(H,26,30)/t19-/m1/s1. The van der Waals surface area contributed by atoms with Gasteiger partial charge in [-0.15, -0.1) is 0 Å². The summed E-state index contributed by atoms with van der Waals surface area (Å²) in [6.07, 6.45) is 1.68. The lowest BCUT2D eigenvalue weighted by molar-refractivity contribution is 0.0849. The van der Waals surface area contributed by atoms with Crippen LogP contribution in [0.25, 0.3) is 5.69 Å². The van der Waals surface area contributed by atoms with Gasteiger partial charge in [0.1, 0.15) is 0 Å². The summed E-state index contributed by atoms with van der Waals surface area (Å²) in [7, 11) is 0. The van der Waals surface area contributed by atoms with Gasteiger partial charge in [-0.05, 0) is 49.9 Å². The topological polar surface area (TPSA) is 95.2 Å². The highest BCUT2D eigenvalue weighted by Gasteiger charge is 2.23. The zero-order chi connectivity index (χ0) is 23.5. The summed E-state index contributed by atoms with van der Waals surface area (Å²) < 4.78 is 7.60. The van der Waals surface area contributed by atoms with E-state index >= 15 is 0 Å². The van der Waals surface area contributed by atoms with Crippen LogP contribution in [0.4, 0.5) is 0 Å². The van der Waals surface area contributed by atoms with Crippen LogP contribution >= 0.6 is 11.6 Å². The Kier molecular flexibility index (Phi) is 6.76. The molecule has 0 unspecified atom stereocenters. The van der Waals surface area contributed by atoms with Crippen molar-refractivity contribution in [3.8, 4) is 5.69 Å². The SMILES string of the molecule is Cc1cccc(Cn2c(=O)c(C(=O)NC[C@H]3CCCO3)nn(-c3ccc(C)c(Cl)c3)c2=O)c1. The maximum atomic E-state index is 13.3. The number of amides is 1. The van der Waals surface area contributed by atoms with Gasteiger partial charge < -0.3 is 10.1 Å². The molecule has 2 aromatic carbocycles. The molecule has 0 bridgehead atoms. The van der Waals surface area contributed by atoms with Crippen molar-refractivity contribution >= 4 is 17.5 Å². The Morgan fingerprint density at radius 1 is 1.21 bits per heavy atom. The van der Waals surface area contributed by atoms with E-state index in [0.717, 1.165) is 38.8 Å². The van der Waals surface area contributed by atoms with Gasteiger partial charge >= 0.3 is 5.69 Å². The molecule has 4 rings (SSSR count). The van der Waals surface area contributed by atoms with E-state index in [1.165, 1.54) is 0 Å². The molecule has 0 radical (unpaired) electrons. The molecule has 33 heavy (non-hydrogen) atoms. The summed E-state index contributed by atoms with van der Waals surface area (Å²) in [5, 5.41) is 7.30. The average Bonchev–Trinajstić information content (AvgIpc) is 3.31. The average molecular weight is 469 g/mol. The molecule has 3 aromatic rings. The fraction of sp³-hybridized carbons (Fsp3) is 0.333. The van der Waals surface area contributed by atoms with E-state index in [1.54, 1.807) is 18.2 Å². The second kappa shape index (κ2) is 9.72. The summed E-state index contributed by atoms with van der Waals surface area (Å²) in [6, 6.07) is 12.5. The zero-order valence-corrected chi connectivity index (χ0v) is 19.3. The van der Waals surface area contributed by atoms with Gasteiger partial charge in [-0.25, -0.2) is 4.79 Å². The van der Waals surface area contributed by atoms with Gasteiger partial charge in [0.15, 0.2) is 0 Å². The van der Waals surface area contributed by atoms with E-state index in [2.05, 4.69) is 10.4 Å². The molecule has 1 aliphatic rings. The first-order valence-electron chi connectivity index (χ1n) is 10.8. The van der Waals surface area contributed by atoms with Crippen LogP contribution in [0.5, 0.6) is 0 Å². The smallest absolute Gasteiger partial charge is 0.352 e. The minimum atomic E-state index is -0.749. The number of nitrogens with one attached hydrogen (secondary N) is 1. The molecule has 0 saturated carbocycles. The minimum absolute atomic E-state index is 0.00742. The van der Waals surface area contributed by atoms with Crippen LogP contribution in [0.3, 0.4) is 0 Å². The third-order valence-corrected chi connectivity index (χ3v) is 6.02. The monoisotopic (exact) mass is 468 g/mol. The van der Waals surface area contributed by atoms with Gasteiger partial charge in [0.25, 0.3) is 11.5 Å². The summed E-state index contributed by atoms with van der Waals surface area (Å²) in [5.41, 5.74) is 1.18. The fourth-order valence-corrected chi connectivity index (χ4v) is 3.94. The number of hydrogen-bond donors (Lipinski definition) is 1. The van der Waals surface area contributed by atoms with Crippen LogP contribution in [0, 0.1) is 13.8 Å². The quantitative estimate of drug-likeness (QED) is 0.600. The van der Waals surface area contributed by atoms with Crippen LogP contribution < -0.4 is 16.6 Å². The van der Waals surface area contributed by atoms with Crippen molar-refractivity contribution in [2.24, 2.45) is 0 Å². The van der Waals surface area contributed by atoms with Crippen molar-refractivity contribution in [2.75, 3.05) is 13.2 Å². The van der Waals surface area contributed by atoms with Crippen LogP contribution in [-0.2, 0) is 11.3 Å². The lowest BCUT2D eigenvalue weighted by Gasteiger charge is -2.14. The molecule has 1 N–H and O–H groups in total. The van der Waals surface area contributed by atoms with Gasteiger partial charge in [-0.3, -0.25) is 14.2 Å². The number of halogens is 1. The third-order valence-electron chi connectivity index (χ3n) is 5.61. The van der Waals surface area contributed by atoms with Crippen LogP contribution in [0.15, 0.2) is 52.1 Å². The molecule has 1 aromatic heterocycles. The van der Waals surface area contributed by atoms with Gasteiger partial charge in [0, 0.05) is 18.2 Å². The van der Waals surface area contributed by atoms with Gasteiger partial charge in [0.05, 0.1) is 18.3 Å². The summed E-state index contributed by atoms with van der Waals surface area (Å²) in [5.74, 6) is -0.652. The number of aromatic nitrogens is 3. The van der Waals surface area contributed by atoms with Crippen LogP contribution in [-0.4, -0.2) is 39.5 Å². The minimum Gasteiger partial charge on any atom is -0.376 e. The maximum Gasteiger partial charge on any atom is 0.352 e. The molecule has 2 heterocycles. The van der Waals surface area contributed by atoms with Gasteiger partial charge in [-0.2, -0.15) is 9.78 Å². The summed E-state index contributed by atoms with van der Waals surface area (Å²) in [6.45, 7) is 4.70.